The van der Waals surface area contributed by atoms with Crippen LogP contribution in [0.5, 0.6) is 0 Å². The second-order valence-electron chi connectivity index (χ2n) is 4.13. The third-order valence-electron chi connectivity index (χ3n) is 2.85. The van der Waals surface area contributed by atoms with Crippen molar-refractivity contribution in [1.82, 2.24) is 9.97 Å². The Kier molecular flexibility index (Phi) is 3.01. The second-order valence-corrected chi connectivity index (χ2v) is 4.13. The van der Waals surface area contributed by atoms with Gasteiger partial charge in [-0.2, -0.15) is 0 Å². The Morgan fingerprint density at radius 2 is 2.20 bits per heavy atom. The number of hydrogen-bond acceptors (Lipinski definition) is 5. The molecule has 4 N–H and O–H groups in total. The minimum absolute atomic E-state index is 0.631. The Morgan fingerprint density at radius 1 is 1.47 bits per heavy atom. The van der Waals surface area contributed by atoms with Gasteiger partial charge in [0.25, 0.3) is 0 Å². The van der Waals surface area contributed by atoms with Crippen molar-refractivity contribution >= 4 is 11.6 Å². The van der Waals surface area contributed by atoms with Gasteiger partial charge in [0.15, 0.2) is 0 Å². The SMILES string of the molecule is CC(CNc1cc(NN)ncn1)C1CC1. The fraction of sp³-hybridized carbons (Fsp3) is 0.600. The summed E-state index contributed by atoms with van der Waals surface area (Å²) in [5.41, 5.74) is 2.50. The van der Waals surface area contributed by atoms with Gasteiger partial charge in [0.05, 0.1) is 0 Å². The lowest BCUT2D eigenvalue weighted by Crippen LogP contribution is -2.15. The minimum atomic E-state index is 0.631. The molecular weight excluding hydrogens is 190 g/mol. The highest BCUT2D eigenvalue weighted by Gasteiger charge is 2.27. The number of nitrogens with two attached hydrogens (primary N) is 1. The Hall–Kier alpha value is -1.36. The molecule has 1 saturated carbocycles. The quantitative estimate of drug-likeness (QED) is 0.500. The van der Waals surface area contributed by atoms with Crippen molar-refractivity contribution in [3.8, 4) is 0 Å². The summed E-state index contributed by atoms with van der Waals surface area (Å²) < 4.78 is 0. The standard InChI is InChI=1S/C10H17N5/c1-7(8-2-3-8)5-12-9-4-10(15-11)14-6-13-9/h4,6-8H,2-3,5,11H2,1H3,(H2,12,13,14,15). The van der Waals surface area contributed by atoms with E-state index in [1.165, 1.54) is 19.2 Å². The number of nitrogens with zero attached hydrogens (tertiary/aromatic N) is 2. The first-order valence-electron chi connectivity index (χ1n) is 5.32. The van der Waals surface area contributed by atoms with Crippen LogP contribution >= 0.6 is 0 Å². The van der Waals surface area contributed by atoms with Crippen molar-refractivity contribution < 1.29 is 0 Å². The Morgan fingerprint density at radius 3 is 2.87 bits per heavy atom. The summed E-state index contributed by atoms with van der Waals surface area (Å²) in [5.74, 6) is 8.35. The largest absolute Gasteiger partial charge is 0.370 e. The zero-order valence-corrected chi connectivity index (χ0v) is 8.90. The van der Waals surface area contributed by atoms with Crippen molar-refractivity contribution in [2.24, 2.45) is 17.7 Å². The van der Waals surface area contributed by atoms with E-state index in [9.17, 15) is 0 Å². The summed E-state index contributed by atoms with van der Waals surface area (Å²) in [5, 5.41) is 3.29. The third kappa shape index (κ3) is 2.79. The van der Waals surface area contributed by atoms with Gasteiger partial charge >= 0.3 is 0 Å². The van der Waals surface area contributed by atoms with Crippen molar-refractivity contribution in [2.75, 3.05) is 17.3 Å². The number of nitrogen functional groups attached to an aromatic ring is 1. The van der Waals surface area contributed by atoms with Crippen molar-refractivity contribution in [3.63, 3.8) is 0 Å². The molecule has 0 spiro atoms. The first-order valence-corrected chi connectivity index (χ1v) is 5.32. The molecule has 1 fully saturated rings. The number of hydrogen-bond donors (Lipinski definition) is 3. The van der Waals surface area contributed by atoms with Crippen molar-refractivity contribution in [3.05, 3.63) is 12.4 Å². The van der Waals surface area contributed by atoms with Crippen LogP contribution in [0, 0.1) is 11.8 Å². The van der Waals surface area contributed by atoms with Gasteiger partial charge in [-0.3, -0.25) is 0 Å². The zero-order chi connectivity index (χ0) is 10.7. The van der Waals surface area contributed by atoms with Gasteiger partial charge in [0.1, 0.15) is 18.0 Å². The molecule has 82 valence electrons. The first kappa shape index (κ1) is 10.2. The monoisotopic (exact) mass is 207 g/mol. The van der Waals surface area contributed by atoms with E-state index in [0.29, 0.717) is 11.7 Å². The smallest absolute Gasteiger partial charge is 0.145 e. The molecule has 1 heterocycles. The molecule has 1 unspecified atom stereocenters. The van der Waals surface area contributed by atoms with Gasteiger partial charge in [0.2, 0.25) is 0 Å². The number of anilines is 2. The van der Waals surface area contributed by atoms with Gasteiger partial charge < -0.3 is 10.7 Å². The van der Waals surface area contributed by atoms with Gasteiger partial charge in [-0.25, -0.2) is 15.8 Å². The van der Waals surface area contributed by atoms with E-state index >= 15 is 0 Å². The molecule has 1 aliphatic carbocycles. The highest BCUT2D eigenvalue weighted by atomic mass is 15.3. The van der Waals surface area contributed by atoms with E-state index in [0.717, 1.165) is 18.3 Å². The summed E-state index contributed by atoms with van der Waals surface area (Å²) >= 11 is 0. The lowest BCUT2D eigenvalue weighted by Gasteiger charge is -2.11. The summed E-state index contributed by atoms with van der Waals surface area (Å²) in [6, 6.07) is 1.81. The maximum atomic E-state index is 5.26. The van der Waals surface area contributed by atoms with Gasteiger partial charge in [-0.05, 0) is 24.7 Å². The lowest BCUT2D eigenvalue weighted by molar-refractivity contribution is 0.536. The van der Waals surface area contributed by atoms with Gasteiger partial charge in [0, 0.05) is 12.6 Å². The molecule has 1 aromatic heterocycles. The van der Waals surface area contributed by atoms with E-state index < -0.39 is 0 Å². The fourth-order valence-corrected chi connectivity index (χ4v) is 1.63. The highest BCUT2D eigenvalue weighted by Crippen LogP contribution is 2.36. The zero-order valence-electron chi connectivity index (χ0n) is 8.90. The summed E-state index contributed by atoms with van der Waals surface area (Å²) in [4.78, 5) is 8.07. The molecule has 15 heavy (non-hydrogen) atoms. The van der Waals surface area contributed by atoms with Crippen LogP contribution in [0.2, 0.25) is 0 Å². The van der Waals surface area contributed by atoms with Gasteiger partial charge in [-0.15, -0.1) is 0 Å². The predicted octanol–water partition coefficient (Wildman–Crippen LogP) is 1.22. The highest BCUT2D eigenvalue weighted by molar-refractivity contribution is 5.45. The summed E-state index contributed by atoms with van der Waals surface area (Å²) in [7, 11) is 0. The second kappa shape index (κ2) is 4.44. The molecule has 1 atom stereocenters. The molecule has 0 aromatic carbocycles. The molecule has 5 nitrogen and oxygen atoms in total. The Labute approximate surface area is 89.5 Å². The molecule has 1 aliphatic rings. The average molecular weight is 207 g/mol. The van der Waals surface area contributed by atoms with Crippen LogP contribution in [0.3, 0.4) is 0 Å². The van der Waals surface area contributed by atoms with Crippen LogP contribution < -0.4 is 16.6 Å². The molecule has 5 heteroatoms. The molecule has 0 radical (unpaired) electrons. The van der Waals surface area contributed by atoms with Crippen LogP contribution in [0.1, 0.15) is 19.8 Å². The summed E-state index contributed by atoms with van der Waals surface area (Å²) in [6.45, 7) is 3.24. The van der Waals surface area contributed by atoms with E-state index in [4.69, 9.17) is 5.84 Å². The van der Waals surface area contributed by atoms with Crippen LogP contribution in [0.4, 0.5) is 11.6 Å². The number of aromatic nitrogens is 2. The lowest BCUT2D eigenvalue weighted by atomic mass is 10.1. The summed E-state index contributed by atoms with van der Waals surface area (Å²) in [6.07, 6.45) is 4.25. The first-order chi connectivity index (χ1) is 7.29. The average Bonchev–Trinajstić information content (AvgIpc) is 3.10. The number of nitrogens with one attached hydrogen (secondary N) is 2. The number of hydrazine groups is 1. The molecule has 0 amide bonds. The Bertz CT molecular complexity index is 323. The van der Waals surface area contributed by atoms with E-state index in [2.05, 4.69) is 27.6 Å². The number of rotatable bonds is 5. The molecule has 1 aromatic rings. The minimum Gasteiger partial charge on any atom is -0.370 e. The van der Waals surface area contributed by atoms with Crippen LogP contribution in [0.15, 0.2) is 12.4 Å². The fourth-order valence-electron chi connectivity index (χ4n) is 1.63. The Balaban J connectivity index is 1.86. The molecular formula is C10H17N5. The van der Waals surface area contributed by atoms with E-state index in [1.54, 1.807) is 6.07 Å². The molecule has 2 rings (SSSR count). The molecule has 0 aliphatic heterocycles. The molecule has 0 saturated heterocycles. The maximum absolute atomic E-state index is 5.26. The van der Waals surface area contributed by atoms with Crippen LogP contribution in [-0.4, -0.2) is 16.5 Å². The van der Waals surface area contributed by atoms with Crippen LogP contribution in [0.25, 0.3) is 0 Å². The topological polar surface area (TPSA) is 75.9 Å². The van der Waals surface area contributed by atoms with Crippen molar-refractivity contribution in [1.29, 1.82) is 0 Å². The van der Waals surface area contributed by atoms with Gasteiger partial charge in [-0.1, -0.05) is 6.92 Å². The van der Waals surface area contributed by atoms with E-state index in [1.807, 2.05) is 0 Å². The predicted molar refractivity (Wildman–Crippen MR) is 60.2 cm³/mol. The van der Waals surface area contributed by atoms with E-state index in [-0.39, 0.29) is 0 Å². The maximum Gasteiger partial charge on any atom is 0.145 e. The van der Waals surface area contributed by atoms with Crippen molar-refractivity contribution in [2.45, 2.75) is 19.8 Å². The molecule has 0 bridgehead atoms. The van der Waals surface area contributed by atoms with Crippen LogP contribution in [-0.2, 0) is 0 Å². The normalized spacial score (nSPS) is 17.2. The third-order valence-corrected chi connectivity index (χ3v) is 2.85.